The van der Waals surface area contributed by atoms with E-state index in [9.17, 15) is 9.59 Å². The number of imidazole rings is 2. The van der Waals surface area contributed by atoms with Crippen molar-refractivity contribution in [2.75, 3.05) is 0 Å². The lowest BCUT2D eigenvalue weighted by atomic mass is 10.1. The van der Waals surface area contributed by atoms with Crippen molar-refractivity contribution in [1.29, 1.82) is 0 Å². The predicted molar refractivity (Wildman–Crippen MR) is 115 cm³/mol. The molecule has 0 N–H and O–H groups in total. The summed E-state index contributed by atoms with van der Waals surface area (Å²) < 4.78 is 5.63. The van der Waals surface area contributed by atoms with E-state index in [2.05, 4.69) is 18.4 Å². The molecule has 0 aliphatic carbocycles. The number of hydrogen-bond acceptors (Lipinski definition) is 3. The molecule has 29 heavy (non-hydrogen) atoms. The van der Waals surface area contributed by atoms with Crippen molar-refractivity contribution in [2.45, 2.75) is 40.3 Å². The van der Waals surface area contributed by atoms with Crippen LogP contribution in [0.3, 0.4) is 0 Å². The summed E-state index contributed by atoms with van der Waals surface area (Å²) in [5.74, 6) is 1.41. The van der Waals surface area contributed by atoms with Gasteiger partial charge in [-0.05, 0) is 49.6 Å². The summed E-state index contributed by atoms with van der Waals surface area (Å²) in [5, 5.41) is 0. The average molecular weight is 390 g/mol. The molecule has 2 aromatic carbocycles. The van der Waals surface area contributed by atoms with Gasteiger partial charge < -0.3 is 4.57 Å². The zero-order valence-electron chi connectivity index (χ0n) is 17.3. The minimum absolute atomic E-state index is 0.0236. The van der Waals surface area contributed by atoms with Gasteiger partial charge >= 0.3 is 5.69 Å². The van der Waals surface area contributed by atoms with E-state index in [0.717, 1.165) is 40.9 Å². The second-order valence-corrected chi connectivity index (χ2v) is 8.04. The molecule has 6 nitrogen and oxygen atoms in total. The van der Waals surface area contributed by atoms with E-state index < -0.39 is 0 Å². The highest BCUT2D eigenvalue weighted by molar-refractivity contribution is 5.97. The van der Waals surface area contributed by atoms with Crippen LogP contribution < -0.4 is 5.69 Å². The molecule has 0 atom stereocenters. The van der Waals surface area contributed by atoms with E-state index in [1.165, 1.54) is 0 Å². The van der Waals surface area contributed by atoms with E-state index in [4.69, 9.17) is 4.98 Å². The Bertz CT molecular complexity index is 1270. The molecule has 0 spiro atoms. The number of nitrogens with zero attached hydrogens (tertiary/aromatic N) is 4. The minimum Gasteiger partial charge on any atom is -0.326 e. The van der Waals surface area contributed by atoms with Gasteiger partial charge in [0.2, 0.25) is 0 Å². The molecular weight excluding hydrogens is 364 g/mol. The first-order valence-corrected chi connectivity index (χ1v) is 10.0. The predicted octanol–water partition coefficient (Wildman–Crippen LogP) is 3.99. The van der Waals surface area contributed by atoms with Crippen LogP contribution in [0.25, 0.3) is 22.1 Å². The normalized spacial score (nSPS) is 11.8. The number of carbonyl (C=O) groups excluding carboxylic acids is 1. The standard InChI is InChI=1S/C23H26N4O2/c1-15(2)11-12-26-19-10-9-17(16(3)28)13-18(19)24-22(26)14-27-21-8-6-5-7-20(21)25(4)23(27)29/h5-10,13,15H,11-12,14H2,1-4H3. The Morgan fingerprint density at radius 3 is 2.45 bits per heavy atom. The number of hydrogen-bond donors (Lipinski definition) is 0. The third-order valence-electron chi connectivity index (χ3n) is 5.52. The smallest absolute Gasteiger partial charge is 0.326 e. The number of para-hydroxylation sites is 2. The molecule has 0 unspecified atom stereocenters. The van der Waals surface area contributed by atoms with Gasteiger partial charge in [-0.2, -0.15) is 0 Å². The Balaban J connectivity index is 1.86. The lowest BCUT2D eigenvalue weighted by molar-refractivity contribution is 0.101. The molecule has 0 amide bonds. The fourth-order valence-electron chi connectivity index (χ4n) is 3.81. The van der Waals surface area contributed by atoms with Gasteiger partial charge in [0.25, 0.3) is 0 Å². The molecule has 0 aliphatic rings. The van der Waals surface area contributed by atoms with Crippen molar-refractivity contribution in [1.82, 2.24) is 18.7 Å². The Morgan fingerprint density at radius 2 is 1.76 bits per heavy atom. The highest BCUT2D eigenvalue weighted by Gasteiger charge is 2.17. The van der Waals surface area contributed by atoms with Crippen LogP contribution in [-0.4, -0.2) is 24.5 Å². The Kier molecular flexibility index (Phi) is 4.86. The largest absolute Gasteiger partial charge is 0.329 e. The number of benzene rings is 2. The topological polar surface area (TPSA) is 61.8 Å². The fraction of sp³-hybridized carbons (Fsp3) is 0.348. The van der Waals surface area contributed by atoms with Crippen LogP contribution in [0.5, 0.6) is 0 Å². The van der Waals surface area contributed by atoms with Crippen LogP contribution in [0.2, 0.25) is 0 Å². The van der Waals surface area contributed by atoms with Crippen molar-refractivity contribution in [3.8, 4) is 0 Å². The number of aryl methyl sites for hydroxylation is 2. The third kappa shape index (κ3) is 3.39. The number of rotatable bonds is 6. The molecule has 2 heterocycles. The maximum Gasteiger partial charge on any atom is 0.329 e. The summed E-state index contributed by atoms with van der Waals surface area (Å²) in [5.41, 5.74) is 4.19. The zero-order chi connectivity index (χ0) is 20.7. The van der Waals surface area contributed by atoms with E-state index in [0.29, 0.717) is 18.0 Å². The molecule has 0 radical (unpaired) electrons. The molecule has 0 fully saturated rings. The van der Waals surface area contributed by atoms with E-state index in [1.807, 2.05) is 42.5 Å². The van der Waals surface area contributed by atoms with Gasteiger partial charge in [-0.3, -0.25) is 13.9 Å². The molecule has 4 aromatic rings. The zero-order valence-corrected chi connectivity index (χ0v) is 17.3. The van der Waals surface area contributed by atoms with E-state index in [-0.39, 0.29) is 11.5 Å². The summed E-state index contributed by atoms with van der Waals surface area (Å²) in [4.78, 5) is 29.5. The van der Waals surface area contributed by atoms with Gasteiger partial charge in [-0.25, -0.2) is 9.78 Å². The molecule has 0 aliphatic heterocycles. The highest BCUT2D eigenvalue weighted by Crippen LogP contribution is 2.22. The van der Waals surface area contributed by atoms with Crippen LogP contribution in [0.1, 0.15) is 43.4 Å². The minimum atomic E-state index is -0.0573. The summed E-state index contributed by atoms with van der Waals surface area (Å²) >= 11 is 0. The first-order valence-electron chi connectivity index (χ1n) is 10.0. The first-order chi connectivity index (χ1) is 13.9. The molecule has 4 rings (SSSR count). The van der Waals surface area contributed by atoms with Gasteiger partial charge in [-0.15, -0.1) is 0 Å². The van der Waals surface area contributed by atoms with Crippen LogP contribution in [0.4, 0.5) is 0 Å². The molecule has 6 heteroatoms. The molecule has 0 bridgehead atoms. The Labute approximate surface area is 169 Å². The van der Waals surface area contributed by atoms with Gasteiger partial charge in [-0.1, -0.05) is 26.0 Å². The van der Waals surface area contributed by atoms with Crippen LogP contribution in [0, 0.1) is 5.92 Å². The lowest BCUT2D eigenvalue weighted by Crippen LogP contribution is -2.24. The summed E-state index contributed by atoms with van der Waals surface area (Å²) in [6.07, 6.45) is 1.01. The Morgan fingerprint density at radius 1 is 1.03 bits per heavy atom. The number of fused-ring (bicyclic) bond motifs is 2. The highest BCUT2D eigenvalue weighted by atomic mass is 16.1. The van der Waals surface area contributed by atoms with E-state index in [1.54, 1.807) is 23.1 Å². The van der Waals surface area contributed by atoms with Crippen LogP contribution in [-0.2, 0) is 20.1 Å². The third-order valence-corrected chi connectivity index (χ3v) is 5.52. The Hall–Kier alpha value is -3.15. The van der Waals surface area contributed by atoms with Crippen molar-refractivity contribution < 1.29 is 4.79 Å². The summed E-state index contributed by atoms with van der Waals surface area (Å²) in [6.45, 7) is 7.17. The maximum atomic E-state index is 12.9. The second-order valence-electron chi connectivity index (χ2n) is 8.04. The van der Waals surface area contributed by atoms with Gasteiger partial charge in [0.05, 0.1) is 28.6 Å². The average Bonchev–Trinajstić information content (AvgIpc) is 3.16. The van der Waals surface area contributed by atoms with Gasteiger partial charge in [0, 0.05) is 19.2 Å². The van der Waals surface area contributed by atoms with Crippen LogP contribution in [0.15, 0.2) is 47.3 Å². The summed E-state index contributed by atoms with van der Waals surface area (Å²) in [7, 11) is 1.79. The maximum absolute atomic E-state index is 12.9. The number of Topliss-reactive ketones (excluding diaryl/α,β-unsaturated/α-hetero) is 1. The lowest BCUT2D eigenvalue weighted by Gasteiger charge is -2.11. The first kappa shape index (κ1) is 19.2. The van der Waals surface area contributed by atoms with Gasteiger partial charge in [0.1, 0.15) is 5.82 Å². The van der Waals surface area contributed by atoms with Gasteiger partial charge in [0.15, 0.2) is 5.78 Å². The fourth-order valence-corrected chi connectivity index (χ4v) is 3.81. The molecule has 2 aromatic heterocycles. The molecular formula is C23H26N4O2. The van der Waals surface area contributed by atoms with Crippen molar-refractivity contribution in [2.24, 2.45) is 13.0 Å². The number of carbonyl (C=O) groups is 1. The molecule has 0 saturated carbocycles. The molecule has 150 valence electrons. The summed E-state index contributed by atoms with van der Waals surface area (Å²) in [6, 6.07) is 13.5. The monoisotopic (exact) mass is 390 g/mol. The van der Waals surface area contributed by atoms with Crippen molar-refractivity contribution >= 4 is 27.9 Å². The SMILES string of the molecule is CC(=O)c1ccc2c(c1)nc(Cn1c(=O)n(C)c3ccccc31)n2CCC(C)C. The van der Waals surface area contributed by atoms with E-state index >= 15 is 0 Å². The number of aromatic nitrogens is 4. The quantitative estimate of drug-likeness (QED) is 0.468. The molecule has 0 saturated heterocycles. The second kappa shape index (κ2) is 7.35. The van der Waals surface area contributed by atoms with Crippen LogP contribution >= 0.6 is 0 Å². The van der Waals surface area contributed by atoms with Crippen molar-refractivity contribution in [3.05, 3.63) is 64.3 Å². The van der Waals surface area contributed by atoms with Crippen molar-refractivity contribution in [3.63, 3.8) is 0 Å². The number of ketones is 1.